The quantitative estimate of drug-likeness (QED) is 0.787. The van der Waals surface area contributed by atoms with Crippen LogP contribution in [-0.2, 0) is 10.0 Å². The van der Waals surface area contributed by atoms with E-state index in [-0.39, 0.29) is 5.16 Å². The number of nitrogens with one attached hydrogen (secondary N) is 1. The number of sulfonamides is 1. The second kappa shape index (κ2) is 2.89. The molecule has 1 aromatic heterocycles. The van der Waals surface area contributed by atoms with Crippen molar-refractivity contribution in [2.24, 2.45) is 28.8 Å². The molecule has 4 atom stereocenters. The first kappa shape index (κ1) is 10.0. The van der Waals surface area contributed by atoms with Crippen molar-refractivity contribution >= 4 is 10.0 Å². The lowest BCUT2D eigenvalue weighted by atomic mass is 10.0. The lowest BCUT2D eigenvalue weighted by Crippen LogP contribution is -2.14. The van der Waals surface area contributed by atoms with Crippen LogP contribution < -0.4 is 5.14 Å². The van der Waals surface area contributed by atoms with Gasteiger partial charge in [-0.1, -0.05) is 0 Å². The van der Waals surface area contributed by atoms with Crippen molar-refractivity contribution in [1.82, 2.24) is 15.2 Å². The molecule has 6 nitrogen and oxygen atoms in total. The first-order valence-corrected chi connectivity index (χ1v) is 7.55. The molecule has 92 valence electrons. The molecule has 3 fully saturated rings. The molecular weight excluding hydrogens is 240 g/mol. The van der Waals surface area contributed by atoms with E-state index >= 15 is 0 Å². The van der Waals surface area contributed by atoms with Crippen molar-refractivity contribution in [2.75, 3.05) is 0 Å². The summed E-state index contributed by atoms with van der Waals surface area (Å²) in [6.07, 6.45) is 4.03. The maximum atomic E-state index is 11.1. The number of nitrogens with two attached hydrogens (primary N) is 1. The summed E-state index contributed by atoms with van der Waals surface area (Å²) in [6, 6.07) is 0. The fraction of sp³-hybridized carbons (Fsp3) is 0.800. The highest BCUT2D eigenvalue weighted by Gasteiger charge is 2.66. The second-order valence-corrected chi connectivity index (χ2v) is 7.02. The summed E-state index contributed by atoms with van der Waals surface area (Å²) in [7, 11) is -3.78. The van der Waals surface area contributed by atoms with Gasteiger partial charge in [0.1, 0.15) is 5.82 Å². The van der Waals surface area contributed by atoms with Crippen LogP contribution in [0.3, 0.4) is 0 Å². The summed E-state index contributed by atoms with van der Waals surface area (Å²) in [5.74, 6) is 4.23. The summed E-state index contributed by atoms with van der Waals surface area (Å²) < 4.78 is 22.2. The van der Waals surface area contributed by atoms with Crippen LogP contribution in [0, 0.1) is 23.7 Å². The van der Waals surface area contributed by atoms with Crippen molar-refractivity contribution in [1.29, 1.82) is 0 Å². The Morgan fingerprint density at radius 2 is 1.88 bits per heavy atom. The second-order valence-electron chi connectivity index (χ2n) is 5.56. The van der Waals surface area contributed by atoms with E-state index in [9.17, 15) is 8.42 Å². The molecule has 1 heterocycles. The first-order valence-electron chi connectivity index (χ1n) is 6.01. The molecule has 3 N–H and O–H groups in total. The third-order valence-corrected chi connectivity index (χ3v) is 5.48. The van der Waals surface area contributed by atoms with Crippen molar-refractivity contribution in [3.8, 4) is 0 Å². The Hall–Kier alpha value is -0.950. The maximum absolute atomic E-state index is 11.1. The largest absolute Gasteiger partial charge is 0.282 e. The smallest absolute Gasteiger partial charge is 0.262 e. The number of aromatic nitrogens is 3. The minimum absolute atomic E-state index is 0.273. The lowest BCUT2D eigenvalue weighted by Gasteiger charge is -2.04. The summed E-state index contributed by atoms with van der Waals surface area (Å²) in [5, 5.41) is 11.2. The van der Waals surface area contributed by atoms with Crippen molar-refractivity contribution < 1.29 is 8.42 Å². The highest BCUT2D eigenvalue weighted by atomic mass is 32.2. The van der Waals surface area contributed by atoms with Crippen LogP contribution in [0.5, 0.6) is 0 Å². The minimum Gasteiger partial charge on any atom is -0.262 e. The van der Waals surface area contributed by atoms with Gasteiger partial charge in [0.2, 0.25) is 0 Å². The Morgan fingerprint density at radius 1 is 1.24 bits per heavy atom. The number of aromatic amines is 1. The molecule has 0 saturated heterocycles. The molecule has 4 unspecified atom stereocenters. The summed E-state index contributed by atoms with van der Waals surface area (Å²) in [6.45, 7) is 0. The molecule has 0 radical (unpaired) electrons. The van der Waals surface area contributed by atoms with Gasteiger partial charge in [0.05, 0.1) is 0 Å². The Balaban J connectivity index is 1.64. The Bertz CT molecular complexity index is 565. The lowest BCUT2D eigenvalue weighted by molar-refractivity contribution is 0.456. The van der Waals surface area contributed by atoms with Gasteiger partial charge in [-0.3, -0.25) is 5.10 Å². The van der Waals surface area contributed by atoms with Crippen LogP contribution in [0.1, 0.15) is 31.0 Å². The molecule has 3 saturated carbocycles. The molecule has 1 aromatic rings. The SMILES string of the molecule is NS(=O)(=O)c1n[nH]c(C2C3C4CCC(C4)C23)n1. The zero-order valence-electron chi connectivity index (χ0n) is 9.20. The fourth-order valence-corrected chi connectivity index (χ4v) is 4.62. The van der Waals surface area contributed by atoms with E-state index < -0.39 is 10.0 Å². The molecule has 0 aromatic carbocycles. The van der Waals surface area contributed by atoms with E-state index in [1.165, 1.54) is 19.3 Å². The molecule has 7 heteroatoms. The first-order chi connectivity index (χ1) is 8.05. The molecule has 0 spiro atoms. The Labute approximate surface area is 99.1 Å². The van der Waals surface area contributed by atoms with Gasteiger partial charge in [-0.25, -0.2) is 18.5 Å². The van der Waals surface area contributed by atoms with Crippen LogP contribution in [0.4, 0.5) is 0 Å². The monoisotopic (exact) mass is 254 g/mol. The molecule has 4 rings (SSSR count). The number of hydrogen-bond donors (Lipinski definition) is 2. The maximum Gasteiger partial charge on any atom is 0.282 e. The van der Waals surface area contributed by atoms with Gasteiger partial charge in [0.15, 0.2) is 0 Å². The average molecular weight is 254 g/mol. The number of H-pyrrole nitrogens is 1. The van der Waals surface area contributed by atoms with E-state index in [4.69, 9.17) is 5.14 Å². The summed E-state index contributed by atoms with van der Waals surface area (Å²) in [4.78, 5) is 4.04. The molecule has 17 heavy (non-hydrogen) atoms. The van der Waals surface area contributed by atoms with Crippen molar-refractivity contribution in [3.63, 3.8) is 0 Å². The normalized spacial score (nSPS) is 42.8. The van der Waals surface area contributed by atoms with Crippen LogP contribution in [-0.4, -0.2) is 23.6 Å². The zero-order valence-corrected chi connectivity index (χ0v) is 10.0. The van der Waals surface area contributed by atoms with E-state index in [1.54, 1.807) is 0 Å². The van der Waals surface area contributed by atoms with Gasteiger partial charge < -0.3 is 0 Å². The summed E-state index contributed by atoms with van der Waals surface area (Å²) in [5.41, 5.74) is 0. The predicted octanol–water partition coefficient (Wildman–Crippen LogP) is 0.212. The third-order valence-electron chi connectivity index (χ3n) is 4.79. The molecule has 0 amide bonds. The average Bonchev–Trinajstić information content (AvgIpc) is 2.74. The van der Waals surface area contributed by atoms with Gasteiger partial charge in [0.25, 0.3) is 15.2 Å². The number of nitrogens with zero attached hydrogens (tertiary/aromatic N) is 2. The zero-order chi connectivity index (χ0) is 11.8. The molecule has 3 aliphatic carbocycles. The van der Waals surface area contributed by atoms with Crippen LogP contribution >= 0.6 is 0 Å². The Kier molecular flexibility index (Phi) is 1.70. The van der Waals surface area contributed by atoms with Crippen LogP contribution in [0.25, 0.3) is 0 Å². The predicted molar refractivity (Wildman–Crippen MR) is 58.3 cm³/mol. The number of hydrogen-bond acceptors (Lipinski definition) is 4. The van der Waals surface area contributed by atoms with E-state index in [0.717, 1.165) is 29.5 Å². The number of fused-ring (bicyclic) bond motifs is 5. The minimum atomic E-state index is -3.78. The molecule has 3 aliphatic rings. The topological polar surface area (TPSA) is 102 Å². The number of rotatable bonds is 2. The van der Waals surface area contributed by atoms with Crippen LogP contribution in [0.15, 0.2) is 5.16 Å². The van der Waals surface area contributed by atoms with Gasteiger partial charge in [-0.05, 0) is 42.9 Å². The highest BCUT2D eigenvalue weighted by molar-refractivity contribution is 7.89. The molecular formula is C10H14N4O2S. The van der Waals surface area contributed by atoms with Gasteiger partial charge >= 0.3 is 0 Å². The molecule has 0 aliphatic heterocycles. The van der Waals surface area contributed by atoms with Crippen molar-refractivity contribution in [3.05, 3.63) is 5.82 Å². The van der Waals surface area contributed by atoms with Crippen molar-refractivity contribution in [2.45, 2.75) is 30.3 Å². The Morgan fingerprint density at radius 3 is 2.41 bits per heavy atom. The third kappa shape index (κ3) is 1.26. The summed E-state index contributed by atoms with van der Waals surface area (Å²) >= 11 is 0. The van der Waals surface area contributed by atoms with Crippen LogP contribution in [0.2, 0.25) is 0 Å². The van der Waals surface area contributed by atoms with Gasteiger partial charge in [-0.2, -0.15) is 0 Å². The van der Waals surface area contributed by atoms with E-state index in [1.807, 2.05) is 0 Å². The highest BCUT2D eigenvalue weighted by Crippen LogP contribution is 2.72. The van der Waals surface area contributed by atoms with E-state index in [2.05, 4.69) is 15.2 Å². The van der Waals surface area contributed by atoms with Gasteiger partial charge in [0, 0.05) is 5.92 Å². The standard InChI is InChI=1S/C10H14N4O2S/c11-17(15,16)10-12-9(13-14-10)8-6-4-1-2-5(3-4)7(6)8/h4-8H,1-3H2,(H2,11,15,16)(H,12,13,14). The fourth-order valence-electron chi connectivity index (χ4n) is 4.23. The van der Waals surface area contributed by atoms with Gasteiger partial charge in [-0.15, -0.1) is 5.10 Å². The number of primary sulfonamides is 1. The molecule has 2 bridgehead atoms. The van der Waals surface area contributed by atoms with E-state index in [0.29, 0.717) is 5.92 Å².